The molecule has 4 rings (SSSR count). The summed E-state index contributed by atoms with van der Waals surface area (Å²) in [5, 5.41) is 4.34. The molecule has 3 heterocycles. The Bertz CT molecular complexity index is 1020. The van der Waals surface area contributed by atoms with Gasteiger partial charge < -0.3 is 14.4 Å². The van der Waals surface area contributed by atoms with Crippen molar-refractivity contribution in [2.24, 2.45) is 7.05 Å². The van der Waals surface area contributed by atoms with E-state index in [1.807, 2.05) is 53.9 Å². The van der Waals surface area contributed by atoms with Crippen LogP contribution in [0.5, 0.6) is 11.5 Å². The first-order valence-electron chi connectivity index (χ1n) is 9.13. The fraction of sp³-hybridized carbons (Fsp3) is 0.333. The minimum absolute atomic E-state index is 0.0461. The molecule has 1 atom stereocenters. The summed E-state index contributed by atoms with van der Waals surface area (Å²) in [5.74, 6) is 1.41. The molecule has 1 aliphatic heterocycles. The Labute approximate surface area is 168 Å². The van der Waals surface area contributed by atoms with Gasteiger partial charge in [-0.3, -0.25) is 9.48 Å². The highest BCUT2D eigenvalue weighted by atomic mass is 32.1. The number of benzene rings is 1. The van der Waals surface area contributed by atoms with Gasteiger partial charge in [0, 0.05) is 24.7 Å². The molecule has 0 fully saturated rings. The van der Waals surface area contributed by atoms with Gasteiger partial charge in [-0.05, 0) is 54.8 Å². The summed E-state index contributed by atoms with van der Waals surface area (Å²) in [6, 6.07) is 9.65. The molecule has 6 nitrogen and oxygen atoms in total. The summed E-state index contributed by atoms with van der Waals surface area (Å²) >= 11 is 1.53. The summed E-state index contributed by atoms with van der Waals surface area (Å²) in [7, 11) is 5.17. The third-order valence-electron chi connectivity index (χ3n) is 5.22. The van der Waals surface area contributed by atoms with Crippen LogP contribution in [0.2, 0.25) is 0 Å². The van der Waals surface area contributed by atoms with Gasteiger partial charge in [-0.25, -0.2) is 0 Å². The van der Waals surface area contributed by atoms with E-state index in [0.29, 0.717) is 18.0 Å². The van der Waals surface area contributed by atoms with Gasteiger partial charge in [0.2, 0.25) is 0 Å². The second-order valence-electron chi connectivity index (χ2n) is 6.85. The topological polar surface area (TPSA) is 56.6 Å². The zero-order valence-corrected chi connectivity index (χ0v) is 17.2. The van der Waals surface area contributed by atoms with E-state index in [1.54, 1.807) is 20.4 Å². The van der Waals surface area contributed by atoms with E-state index < -0.39 is 0 Å². The lowest BCUT2D eigenvalue weighted by Gasteiger charge is -2.37. The average molecular weight is 398 g/mol. The van der Waals surface area contributed by atoms with Crippen LogP contribution in [0.25, 0.3) is 0 Å². The predicted octanol–water partition coefficient (Wildman–Crippen LogP) is 3.60. The predicted molar refractivity (Wildman–Crippen MR) is 108 cm³/mol. The summed E-state index contributed by atoms with van der Waals surface area (Å²) in [6.07, 6.45) is 2.53. The number of aryl methyl sites for hydroxylation is 2. The Morgan fingerprint density at radius 3 is 2.54 bits per heavy atom. The molecule has 0 saturated carbocycles. The summed E-state index contributed by atoms with van der Waals surface area (Å²) < 4.78 is 12.8. The molecule has 0 spiro atoms. The molecule has 146 valence electrons. The minimum atomic E-state index is -0.231. The number of aromatic nitrogens is 2. The van der Waals surface area contributed by atoms with Gasteiger partial charge in [-0.15, -0.1) is 11.3 Å². The minimum Gasteiger partial charge on any atom is -0.493 e. The van der Waals surface area contributed by atoms with Crippen molar-refractivity contribution in [1.29, 1.82) is 0 Å². The highest BCUT2D eigenvalue weighted by molar-refractivity contribution is 7.13. The molecule has 0 saturated heterocycles. The lowest BCUT2D eigenvalue weighted by Crippen LogP contribution is -2.41. The number of carbonyl (C=O) groups excluding carboxylic acids is 1. The highest BCUT2D eigenvalue weighted by Crippen LogP contribution is 2.41. The van der Waals surface area contributed by atoms with Gasteiger partial charge in [0.1, 0.15) is 0 Å². The first kappa shape index (κ1) is 18.6. The van der Waals surface area contributed by atoms with E-state index in [0.717, 1.165) is 33.0 Å². The van der Waals surface area contributed by atoms with Gasteiger partial charge in [0.15, 0.2) is 11.5 Å². The molecule has 1 aliphatic rings. The smallest absolute Gasteiger partial charge is 0.264 e. The van der Waals surface area contributed by atoms with Gasteiger partial charge in [0.05, 0.1) is 30.8 Å². The van der Waals surface area contributed by atoms with E-state index in [2.05, 4.69) is 5.10 Å². The lowest BCUT2D eigenvalue weighted by molar-refractivity contribution is 0.0693. The second-order valence-corrected chi connectivity index (χ2v) is 8.13. The van der Waals surface area contributed by atoms with Crippen molar-refractivity contribution in [2.45, 2.75) is 19.4 Å². The first-order chi connectivity index (χ1) is 13.5. The molecule has 28 heavy (non-hydrogen) atoms. The van der Waals surface area contributed by atoms with Crippen molar-refractivity contribution in [1.82, 2.24) is 14.7 Å². The number of hydrogen-bond donors (Lipinski definition) is 0. The van der Waals surface area contributed by atoms with Crippen LogP contribution in [0, 0.1) is 6.92 Å². The maximum absolute atomic E-state index is 13.4. The molecule has 1 unspecified atom stereocenters. The Kier molecular flexibility index (Phi) is 4.85. The molecule has 2 aromatic heterocycles. The van der Waals surface area contributed by atoms with Crippen LogP contribution < -0.4 is 9.47 Å². The zero-order chi connectivity index (χ0) is 19.8. The van der Waals surface area contributed by atoms with E-state index in [4.69, 9.17) is 9.47 Å². The fourth-order valence-corrected chi connectivity index (χ4v) is 4.65. The van der Waals surface area contributed by atoms with Crippen LogP contribution in [0.4, 0.5) is 0 Å². The maximum Gasteiger partial charge on any atom is 0.264 e. The number of methoxy groups -OCH3 is 2. The van der Waals surface area contributed by atoms with Gasteiger partial charge in [-0.2, -0.15) is 5.10 Å². The summed E-state index contributed by atoms with van der Waals surface area (Å²) in [5.41, 5.74) is 3.18. The van der Waals surface area contributed by atoms with Crippen molar-refractivity contribution in [3.63, 3.8) is 0 Å². The van der Waals surface area contributed by atoms with E-state index >= 15 is 0 Å². The Morgan fingerprint density at radius 1 is 1.18 bits per heavy atom. The number of rotatable bonds is 4. The molecule has 0 aliphatic carbocycles. The third kappa shape index (κ3) is 3.05. The number of nitrogens with zero attached hydrogens (tertiary/aromatic N) is 3. The number of thiophene rings is 1. The molecular formula is C21H23N3O3S. The van der Waals surface area contributed by atoms with Crippen molar-refractivity contribution in [3.8, 4) is 11.5 Å². The van der Waals surface area contributed by atoms with Crippen molar-refractivity contribution < 1.29 is 14.3 Å². The normalized spacial score (nSPS) is 16.0. The summed E-state index contributed by atoms with van der Waals surface area (Å²) in [4.78, 5) is 17.2. The number of ether oxygens (including phenoxy) is 2. The molecule has 0 radical (unpaired) electrons. The molecular weight excluding hydrogens is 374 g/mol. The van der Waals surface area contributed by atoms with Crippen LogP contribution in [0.15, 0.2) is 36.5 Å². The Morgan fingerprint density at radius 2 is 1.93 bits per heavy atom. The number of hydrogen-bond acceptors (Lipinski definition) is 5. The molecule has 0 bridgehead atoms. The monoisotopic (exact) mass is 397 g/mol. The lowest BCUT2D eigenvalue weighted by atomic mass is 9.89. The molecule has 7 heteroatoms. The number of fused-ring (bicyclic) bond motifs is 1. The van der Waals surface area contributed by atoms with Gasteiger partial charge in [-0.1, -0.05) is 0 Å². The standard InChI is InChI=1S/C21H23N3O3S/c1-13-5-6-19(28-13)21(25)24-10-8-14-11-17(26-3)18(27-4)12-15(14)20(24)16-7-9-22-23(16)2/h5-7,9,11-12,20H,8,10H2,1-4H3. The SMILES string of the molecule is COc1cc2c(cc1OC)C(c1ccnn1C)N(C(=O)c1ccc(C)s1)CC2. The van der Waals surface area contributed by atoms with Gasteiger partial charge >= 0.3 is 0 Å². The Balaban J connectivity index is 1.85. The van der Waals surface area contributed by atoms with E-state index in [9.17, 15) is 4.79 Å². The average Bonchev–Trinajstić information content (AvgIpc) is 3.33. The maximum atomic E-state index is 13.4. The summed E-state index contributed by atoms with van der Waals surface area (Å²) in [6.45, 7) is 2.65. The number of carbonyl (C=O) groups is 1. The van der Waals surface area contributed by atoms with Crippen LogP contribution >= 0.6 is 11.3 Å². The van der Waals surface area contributed by atoms with Crippen LogP contribution in [-0.2, 0) is 13.5 Å². The molecule has 1 aromatic carbocycles. The van der Waals surface area contributed by atoms with E-state index in [1.165, 1.54) is 11.3 Å². The fourth-order valence-electron chi connectivity index (χ4n) is 3.83. The Hall–Kier alpha value is -2.80. The number of amides is 1. The second kappa shape index (κ2) is 7.31. The quantitative estimate of drug-likeness (QED) is 0.675. The molecule has 1 amide bonds. The van der Waals surface area contributed by atoms with Crippen molar-refractivity contribution >= 4 is 17.2 Å². The van der Waals surface area contributed by atoms with Crippen LogP contribution in [0.1, 0.15) is 37.4 Å². The van der Waals surface area contributed by atoms with Crippen molar-refractivity contribution in [3.05, 3.63) is 63.1 Å². The van der Waals surface area contributed by atoms with E-state index in [-0.39, 0.29) is 11.9 Å². The highest BCUT2D eigenvalue weighted by Gasteiger charge is 2.35. The van der Waals surface area contributed by atoms with Crippen LogP contribution in [0.3, 0.4) is 0 Å². The zero-order valence-electron chi connectivity index (χ0n) is 16.4. The largest absolute Gasteiger partial charge is 0.493 e. The third-order valence-corrected chi connectivity index (χ3v) is 6.21. The van der Waals surface area contributed by atoms with Gasteiger partial charge in [0.25, 0.3) is 5.91 Å². The van der Waals surface area contributed by atoms with Crippen LogP contribution in [-0.4, -0.2) is 41.4 Å². The first-order valence-corrected chi connectivity index (χ1v) is 9.95. The molecule has 3 aromatic rings. The molecule has 0 N–H and O–H groups in total. The van der Waals surface area contributed by atoms with Crippen molar-refractivity contribution in [2.75, 3.05) is 20.8 Å².